The lowest BCUT2D eigenvalue weighted by molar-refractivity contribution is -0.428. The van der Waals surface area contributed by atoms with Gasteiger partial charge in [-0.05, 0) is 12.5 Å². The second-order valence-electron chi connectivity index (χ2n) is 3.79. The van der Waals surface area contributed by atoms with Crippen molar-refractivity contribution in [1.82, 2.24) is 0 Å². The molecule has 4 heteroatoms. The lowest BCUT2D eigenvalue weighted by atomic mass is 10.0. The predicted octanol–water partition coefficient (Wildman–Crippen LogP) is 0.714. The maximum atomic E-state index is 10.4. The first-order valence-electron chi connectivity index (χ1n) is 5.17. The Balaban J connectivity index is 2.22. The molecular formula is C12H13NO2S. The van der Waals surface area contributed by atoms with E-state index in [2.05, 4.69) is 23.2 Å². The summed E-state index contributed by atoms with van der Waals surface area (Å²) in [5.74, 6) is -1.01. The van der Waals surface area contributed by atoms with Gasteiger partial charge in [-0.3, -0.25) is 0 Å². The number of hydrogen-bond acceptors (Lipinski definition) is 3. The molecule has 1 aromatic carbocycles. The summed E-state index contributed by atoms with van der Waals surface area (Å²) in [4.78, 5) is 10.4. The summed E-state index contributed by atoms with van der Waals surface area (Å²) >= 11 is 1.67. The predicted molar refractivity (Wildman–Crippen MR) is 61.7 cm³/mol. The fourth-order valence-corrected chi connectivity index (χ4v) is 2.81. The molecule has 0 aliphatic heterocycles. The summed E-state index contributed by atoms with van der Waals surface area (Å²) in [6, 6.07) is 8.13. The van der Waals surface area contributed by atoms with Crippen molar-refractivity contribution in [2.24, 2.45) is 0 Å². The van der Waals surface area contributed by atoms with Gasteiger partial charge in [-0.15, -0.1) is 11.3 Å². The standard InChI is InChI=1S/C12H13NO2S/c13-10(5-6-12(14)15)9-7-16-11-4-2-1-3-8(9)11/h1-4,7,10H,5-6,13H2,(H,14,15)/t10-/m1/s1. The molecule has 0 saturated carbocycles. The van der Waals surface area contributed by atoms with Crippen molar-refractivity contribution in [1.29, 1.82) is 0 Å². The first-order valence-corrected chi connectivity index (χ1v) is 6.05. The van der Waals surface area contributed by atoms with Crippen LogP contribution in [-0.4, -0.2) is 5.97 Å². The number of fused-ring (bicyclic) bond motifs is 1. The highest BCUT2D eigenvalue weighted by Crippen LogP contribution is 2.29. The van der Waals surface area contributed by atoms with Gasteiger partial charge in [0, 0.05) is 33.4 Å². The summed E-state index contributed by atoms with van der Waals surface area (Å²) < 4.78 is 1.22. The molecule has 0 saturated heterocycles. The number of thiophene rings is 1. The number of aliphatic carboxylic acids is 1. The monoisotopic (exact) mass is 235 g/mol. The molecule has 0 fully saturated rings. The Labute approximate surface area is 97.5 Å². The highest BCUT2D eigenvalue weighted by molar-refractivity contribution is 7.17. The molecule has 0 aliphatic carbocycles. The lowest BCUT2D eigenvalue weighted by Gasteiger charge is -2.08. The summed E-state index contributed by atoms with van der Waals surface area (Å²) in [5.41, 5.74) is 5.16. The lowest BCUT2D eigenvalue weighted by Crippen LogP contribution is -2.53. The number of benzene rings is 1. The average molecular weight is 235 g/mol. The second kappa shape index (κ2) is 4.63. The quantitative estimate of drug-likeness (QED) is 0.848. The van der Waals surface area contributed by atoms with Crippen LogP contribution < -0.4 is 10.8 Å². The Morgan fingerprint density at radius 3 is 2.94 bits per heavy atom. The van der Waals surface area contributed by atoms with E-state index in [0.29, 0.717) is 6.42 Å². The van der Waals surface area contributed by atoms with E-state index in [9.17, 15) is 9.90 Å². The van der Waals surface area contributed by atoms with Crippen molar-refractivity contribution in [2.75, 3.05) is 0 Å². The van der Waals surface area contributed by atoms with E-state index in [1.54, 1.807) is 11.3 Å². The number of carbonyl (C=O) groups is 1. The van der Waals surface area contributed by atoms with Crippen molar-refractivity contribution >= 4 is 27.4 Å². The zero-order valence-corrected chi connectivity index (χ0v) is 9.63. The third-order valence-corrected chi connectivity index (χ3v) is 3.63. The first-order chi connectivity index (χ1) is 7.68. The minimum atomic E-state index is -1.01. The minimum Gasteiger partial charge on any atom is -0.550 e. The summed E-state index contributed by atoms with van der Waals surface area (Å²) in [6.07, 6.45) is 0.599. The molecule has 84 valence electrons. The van der Waals surface area contributed by atoms with E-state index < -0.39 is 5.97 Å². The van der Waals surface area contributed by atoms with Crippen molar-refractivity contribution in [2.45, 2.75) is 18.9 Å². The van der Waals surface area contributed by atoms with Crippen molar-refractivity contribution in [3.05, 3.63) is 35.2 Å². The van der Waals surface area contributed by atoms with E-state index in [0.717, 1.165) is 5.56 Å². The van der Waals surface area contributed by atoms with Gasteiger partial charge in [-0.2, -0.15) is 0 Å². The SMILES string of the molecule is [NH3+][C@H](CCC(=O)[O-])c1csc2ccccc12. The van der Waals surface area contributed by atoms with Crippen molar-refractivity contribution < 1.29 is 15.6 Å². The molecule has 3 nitrogen and oxygen atoms in total. The van der Waals surface area contributed by atoms with Gasteiger partial charge in [0.1, 0.15) is 6.04 Å². The molecule has 2 rings (SSSR count). The maximum absolute atomic E-state index is 10.4. The van der Waals surface area contributed by atoms with Crippen LogP contribution in [0.5, 0.6) is 0 Å². The zero-order valence-electron chi connectivity index (χ0n) is 8.81. The highest BCUT2D eigenvalue weighted by Gasteiger charge is 2.14. The van der Waals surface area contributed by atoms with E-state index in [1.807, 2.05) is 12.1 Å². The maximum Gasteiger partial charge on any atom is 0.112 e. The van der Waals surface area contributed by atoms with Crippen LogP contribution in [0.1, 0.15) is 24.4 Å². The molecule has 2 aromatic rings. The van der Waals surface area contributed by atoms with E-state index in [1.165, 1.54) is 10.1 Å². The molecule has 1 atom stereocenters. The fraction of sp³-hybridized carbons (Fsp3) is 0.250. The molecule has 3 N–H and O–H groups in total. The largest absolute Gasteiger partial charge is 0.550 e. The van der Waals surface area contributed by atoms with Crippen LogP contribution in [0.4, 0.5) is 0 Å². The topological polar surface area (TPSA) is 67.8 Å². The Hall–Kier alpha value is -1.39. The van der Waals surface area contributed by atoms with Gasteiger partial charge < -0.3 is 15.6 Å². The fourth-order valence-electron chi connectivity index (χ4n) is 1.76. The number of rotatable bonds is 4. The molecule has 0 radical (unpaired) electrons. The number of carboxylic acids is 1. The summed E-state index contributed by atoms with van der Waals surface area (Å²) in [7, 11) is 0. The van der Waals surface area contributed by atoms with Crippen LogP contribution in [0.3, 0.4) is 0 Å². The molecule has 0 unspecified atom stereocenters. The van der Waals surface area contributed by atoms with Crippen molar-refractivity contribution in [3.8, 4) is 0 Å². The Kier molecular flexibility index (Phi) is 3.22. The van der Waals surface area contributed by atoms with Crippen LogP contribution in [0, 0.1) is 0 Å². The zero-order chi connectivity index (χ0) is 11.5. The molecule has 1 heterocycles. The Morgan fingerprint density at radius 2 is 2.19 bits per heavy atom. The number of quaternary nitrogens is 1. The Bertz CT molecular complexity index is 506. The minimum absolute atomic E-state index is 0.0223. The Morgan fingerprint density at radius 1 is 1.44 bits per heavy atom. The van der Waals surface area contributed by atoms with Crippen LogP contribution in [-0.2, 0) is 4.79 Å². The van der Waals surface area contributed by atoms with Crippen LogP contribution in [0.2, 0.25) is 0 Å². The van der Waals surface area contributed by atoms with Gasteiger partial charge >= 0.3 is 0 Å². The molecule has 0 aliphatic rings. The number of carboxylic acid groups (broad SMARTS) is 1. The van der Waals surface area contributed by atoms with Crippen LogP contribution in [0.15, 0.2) is 29.6 Å². The van der Waals surface area contributed by atoms with E-state index in [4.69, 9.17) is 0 Å². The van der Waals surface area contributed by atoms with E-state index in [-0.39, 0.29) is 12.5 Å². The first kappa shape index (κ1) is 11.1. The molecule has 1 aromatic heterocycles. The highest BCUT2D eigenvalue weighted by atomic mass is 32.1. The second-order valence-corrected chi connectivity index (χ2v) is 4.71. The van der Waals surface area contributed by atoms with Crippen molar-refractivity contribution in [3.63, 3.8) is 0 Å². The van der Waals surface area contributed by atoms with Gasteiger partial charge in [0.25, 0.3) is 0 Å². The van der Waals surface area contributed by atoms with Gasteiger partial charge in [0.05, 0.1) is 0 Å². The van der Waals surface area contributed by atoms with Gasteiger partial charge in [-0.1, -0.05) is 18.2 Å². The third-order valence-electron chi connectivity index (χ3n) is 2.65. The van der Waals surface area contributed by atoms with Gasteiger partial charge in [-0.25, -0.2) is 0 Å². The molecule has 0 spiro atoms. The van der Waals surface area contributed by atoms with Gasteiger partial charge in [0.2, 0.25) is 0 Å². The average Bonchev–Trinajstić information content (AvgIpc) is 2.69. The molecule has 0 bridgehead atoms. The molecule has 0 amide bonds. The molecule has 16 heavy (non-hydrogen) atoms. The van der Waals surface area contributed by atoms with Crippen LogP contribution >= 0.6 is 11.3 Å². The third kappa shape index (κ3) is 2.23. The number of hydrogen-bond donors (Lipinski definition) is 1. The normalized spacial score (nSPS) is 12.8. The summed E-state index contributed by atoms with van der Waals surface area (Å²) in [6.45, 7) is 0. The van der Waals surface area contributed by atoms with Crippen LogP contribution in [0.25, 0.3) is 10.1 Å². The molecular weight excluding hydrogens is 222 g/mol. The summed E-state index contributed by atoms with van der Waals surface area (Å²) in [5, 5.41) is 13.7. The smallest absolute Gasteiger partial charge is 0.112 e. The van der Waals surface area contributed by atoms with E-state index >= 15 is 0 Å². The van der Waals surface area contributed by atoms with Gasteiger partial charge in [0.15, 0.2) is 0 Å². The number of carbonyl (C=O) groups excluding carboxylic acids is 1.